The molecule has 0 bridgehead atoms. The van der Waals surface area contributed by atoms with Gasteiger partial charge in [-0.25, -0.2) is 0 Å². The minimum Gasteiger partial charge on any atom is -0.369 e. The van der Waals surface area contributed by atoms with Crippen LogP contribution in [0.25, 0.3) is 0 Å². The van der Waals surface area contributed by atoms with Crippen LogP contribution in [0.5, 0.6) is 0 Å². The Bertz CT molecular complexity index is 970. The van der Waals surface area contributed by atoms with Crippen molar-refractivity contribution in [2.45, 2.75) is 30.9 Å². The molecule has 0 aromatic heterocycles. The molecule has 0 fully saturated rings. The third-order valence-electron chi connectivity index (χ3n) is 4.04. The van der Waals surface area contributed by atoms with Crippen LogP contribution < -0.4 is 5.32 Å². The minimum absolute atomic E-state index is 0.0213. The van der Waals surface area contributed by atoms with E-state index in [1.165, 1.54) is 5.32 Å². The first kappa shape index (κ1) is 26.3. The molecule has 0 spiro atoms. The van der Waals surface area contributed by atoms with Gasteiger partial charge in [0.25, 0.3) is 5.91 Å². The monoisotopic (exact) mass is 499 g/mol. The zero-order valence-corrected chi connectivity index (χ0v) is 15.4. The maximum atomic E-state index is 12.9. The van der Waals surface area contributed by atoms with Crippen molar-refractivity contribution >= 4 is 5.91 Å². The molecule has 2 rings (SSSR count). The summed E-state index contributed by atoms with van der Waals surface area (Å²) in [5.41, 5.74) is -10.0. The van der Waals surface area contributed by atoms with Gasteiger partial charge in [-0.2, -0.15) is 52.7 Å². The van der Waals surface area contributed by atoms with Gasteiger partial charge in [-0.1, -0.05) is 0 Å². The first-order valence-electron chi connectivity index (χ1n) is 8.27. The second-order valence-electron chi connectivity index (χ2n) is 6.51. The smallest absolute Gasteiger partial charge is 0.369 e. The summed E-state index contributed by atoms with van der Waals surface area (Å²) in [6.45, 7) is 0. The van der Waals surface area contributed by atoms with Crippen molar-refractivity contribution in [2.75, 3.05) is 0 Å². The van der Waals surface area contributed by atoms with Gasteiger partial charge in [-0.3, -0.25) is 4.79 Å². The summed E-state index contributed by atoms with van der Waals surface area (Å²) < 4.78 is 155. The summed E-state index contributed by atoms with van der Waals surface area (Å²) in [7, 11) is 0. The van der Waals surface area contributed by atoms with E-state index in [4.69, 9.17) is 0 Å². The molecular weight excluding hydrogens is 490 g/mol. The molecule has 0 saturated carbocycles. The largest absolute Gasteiger partial charge is 0.416 e. The molecular formula is C18H9F12NO2. The Morgan fingerprint density at radius 1 is 0.606 bits per heavy atom. The van der Waals surface area contributed by atoms with Crippen LogP contribution in [-0.2, 0) is 24.7 Å². The Kier molecular flexibility index (Phi) is 6.71. The molecule has 0 heterocycles. The number of aliphatic hydroxyl groups excluding tert-OH is 1. The third-order valence-corrected chi connectivity index (χ3v) is 4.04. The summed E-state index contributed by atoms with van der Waals surface area (Å²) in [6, 6.07) is -0.633. The molecule has 0 aliphatic rings. The van der Waals surface area contributed by atoms with Crippen LogP contribution in [0.2, 0.25) is 0 Å². The summed E-state index contributed by atoms with van der Waals surface area (Å²) in [5.74, 6) is -1.83. The lowest BCUT2D eigenvalue weighted by Gasteiger charge is -2.19. The summed E-state index contributed by atoms with van der Waals surface area (Å²) in [5, 5.41) is 11.3. The fourth-order valence-electron chi connectivity index (χ4n) is 2.51. The van der Waals surface area contributed by atoms with E-state index in [2.05, 4.69) is 0 Å². The van der Waals surface area contributed by atoms with E-state index in [0.717, 1.165) is 0 Å². The maximum Gasteiger partial charge on any atom is 0.416 e. The molecule has 182 valence electrons. The highest BCUT2D eigenvalue weighted by atomic mass is 19.4. The molecule has 1 unspecified atom stereocenters. The van der Waals surface area contributed by atoms with Gasteiger partial charge in [0.1, 0.15) is 0 Å². The number of aliphatic hydroxyl groups is 1. The van der Waals surface area contributed by atoms with Crippen molar-refractivity contribution in [1.82, 2.24) is 5.32 Å². The number of hydrogen-bond donors (Lipinski definition) is 2. The van der Waals surface area contributed by atoms with E-state index in [1.807, 2.05) is 0 Å². The van der Waals surface area contributed by atoms with Crippen LogP contribution in [0.4, 0.5) is 52.7 Å². The maximum absolute atomic E-state index is 12.9. The van der Waals surface area contributed by atoms with Crippen LogP contribution in [0, 0.1) is 0 Å². The summed E-state index contributed by atoms with van der Waals surface area (Å²) >= 11 is 0. The Hall–Kier alpha value is -2.97. The minimum atomic E-state index is -5.34. The molecule has 2 aromatic rings. The Labute approximate surface area is 175 Å². The number of alkyl halides is 12. The van der Waals surface area contributed by atoms with Crippen LogP contribution >= 0.6 is 0 Å². The van der Waals surface area contributed by atoms with Gasteiger partial charge in [0.15, 0.2) is 6.23 Å². The number of nitrogens with one attached hydrogen (secondary N) is 1. The number of amides is 1. The highest BCUT2D eigenvalue weighted by Gasteiger charge is 2.39. The van der Waals surface area contributed by atoms with Gasteiger partial charge in [-0.05, 0) is 36.4 Å². The summed E-state index contributed by atoms with van der Waals surface area (Å²) in [6.07, 6.45) is -24.0. The van der Waals surface area contributed by atoms with E-state index in [9.17, 15) is 62.6 Å². The van der Waals surface area contributed by atoms with Gasteiger partial charge in [-0.15, -0.1) is 0 Å². The average molecular weight is 499 g/mol. The third kappa shape index (κ3) is 6.52. The lowest BCUT2D eigenvalue weighted by molar-refractivity contribution is -0.144. The fourth-order valence-corrected chi connectivity index (χ4v) is 2.51. The highest BCUT2D eigenvalue weighted by Crippen LogP contribution is 2.38. The zero-order valence-electron chi connectivity index (χ0n) is 15.4. The Morgan fingerprint density at radius 2 is 0.909 bits per heavy atom. The molecule has 0 aliphatic heterocycles. The predicted molar refractivity (Wildman–Crippen MR) is 85.3 cm³/mol. The quantitative estimate of drug-likeness (QED) is 0.392. The number of rotatable bonds is 3. The average Bonchev–Trinajstić information content (AvgIpc) is 2.64. The summed E-state index contributed by atoms with van der Waals surface area (Å²) in [4.78, 5) is 12.1. The van der Waals surface area contributed by atoms with Gasteiger partial charge in [0, 0.05) is 11.1 Å². The topological polar surface area (TPSA) is 49.3 Å². The number of carbonyl (C=O) groups is 1. The van der Waals surface area contributed by atoms with Crippen molar-refractivity contribution in [3.05, 3.63) is 69.8 Å². The first-order valence-corrected chi connectivity index (χ1v) is 8.27. The molecule has 0 saturated heterocycles. The lowest BCUT2D eigenvalue weighted by Crippen LogP contribution is -2.29. The number of halogens is 12. The van der Waals surface area contributed by atoms with Crippen LogP contribution in [0.1, 0.15) is 44.4 Å². The molecule has 3 nitrogen and oxygen atoms in total. The Balaban J connectivity index is 2.47. The van der Waals surface area contributed by atoms with Crippen molar-refractivity contribution in [3.63, 3.8) is 0 Å². The highest BCUT2D eigenvalue weighted by molar-refractivity contribution is 5.94. The van der Waals surface area contributed by atoms with Crippen molar-refractivity contribution in [1.29, 1.82) is 0 Å². The van der Waals surface area contributed by atoms with E-state index in [0.29, 0.717) is 0 Å². The van der Waals surface area contributed by atoms with E-state index in [-0.39, 0.29) is 36.4 Å². The van der Waals surface area contributed by atoms with E-state index >= 15 is 0 Å². The van der Waals surface area contributed by atoms with Crippen LogP contribution in [0.15, 0.2) is 36.4 Å². The van der Waals surface area contributed by atoms with Gasteiger partial charge < -0.3 is 10.4 Å². The normalized spacial score (nSPS) is 14.2. The SMILES string of the molecule is O=C(NC(O)c1cc(C(F)(F)F)cc(C(F)(F)F)c1)c1cc(C(F)(F)F)cc(C(F)(F)F)c1. The standard InChI is InChI=1S/C18H9F12NO2/c19-15(20,21)9-1-7(2-10(5-9)16(22,23)24)13(32)31-14(33)8-3-11(17(25,26)27)6-12(4-8)18(28,29)30/h1-6,13,32H,(H,31,33). The Morgan fingerprint density at radius 3 is 1.21 bits per heavy atom. The molecule has 0 aliphatic carbocycles. The molecule has 33 heavy (non-hydrogen) atoms. The molecule has 0 radical (unpaired) electrons. The molecule has 1 atom stereocenters. The number of carbonyl (C=O) groups excluding carboxylic acids is 1. The fraction of sp³-hybridized carbons (Fsp3) is 0.278. The van der Waals surface area contributed by atoms with E-state index in [1.54, 1.807) is 0 Å². The first-order chi connectivity index (χ1) is 14.7. The van der Waals surface area contributed by atoms with Crippen molar-refractivity contribution in [2.24, 2.45) is 0 Å². The van der Waals surface area contributed by atoms with Crippen LogP contribution in [0.3, 0.4) is 0 Å². The second kappa shape index (κ2) is 8.43. The lowest BCUT2D eigenvalue weighted by atomic mass is 10.0. The molecule has 15 heteroatoms. The predicted octanol–water partition coefficient (Wildman–Crippen LogP) is 6.18. The van der Waals surface area contributed by atoms with Crippen LogP contribution in [-0.4, -0.2) is 11.0 Å². The van der Waals surface area contributed by atoms with Crippen molar-refractivity contribution in [3.8, 4) is 0 Å². The van der Waals surface area contributed by atoms with Gasteiger partial charge >= 0.3 is 24.7 Å². The van der Waals surface area contributed by atoms with Gasteiger partial charge in [0.2, 0.25) is 0 Å². The number of hydrogen-bond acceptors (Lipinski definition) is 2. The molecule has 1 amide bonds. The second-order valence-corrected chi connectivity index (χ2v) is 6.51. The zero-order chi connectivity index (χ0) is 25.6. The van der Waals surface area contributed by atoms with E-state index < -0.39 is 70.2 Å². The van der Waals surface area contributed by atoms with Gasteiger partial charge in [0.05, 0.1) is 22.3 Å². The number of benzene rings is 2. The molecule has 2 aromatic carbocycles. The van der Waals surface area contributed by atoms with Crippen molar-refractivity contribution < 1.29 is 62.6 Å². The molecule has 2 N–H and O–H groups in total.